The average molecular weight is 266 g/mol. The van der Waals surface area contributed by atoms with Crippen LogP contribution in [0.1, 0.15) is 21.5 Å². The number of halogens is 5. The van der Waals surface area contributed by atoms with Gasteiger partial charge in [-0.3, -0.25) is 4.79 Å². The lowest BCUT2D eigenvalue weighted by atomic mass is 10.00. The van der Waals surface area contributed by atoms with Crippen LogP contribution < -0.4 is 0 Å². The first-order valence-electron chi connectivity index (χ1n) is 4.22. The van der Waals surface area contributed by atoms with Crippen molar-refractivity contribution in [2.45, 2.75) is 6.18 Å². The van der Waals surface area contributed by atoms with Gasteiger partial charge in [-0.15, -0.1) is 11.6 Å². The van der Waals surface area contributed by atoms with Gasteiger partial charge in [-0.1, -0.05) is 0 Å². The first kappa shape index (κ1) is 13.5. The highest BCUT2D eigenvalue weighted by Crippen LogP contribution is 2.34. The summed E-state index contributed by atoms with van der Waals surface area (Å²) in [5, 5.41) is 8.48. The Labute approximate surface area is 98.4 Å². The van der Waals surface area contributed by atoms with Crippen LogP contribution in [0.2, 0.25) is 0 Å². The van der Waals surface area contributed by atoms with Crippen molar-refractivity contribution in [3.63, 3.8) is 0 Å². The monoisotopic (exact) mass is 265 g/mol. The molecular weight excluding hydrogens is 262 g/mol. The molecule has 0 saturated carbocycles. The third kappa shape index (κ3) is 2.56. The van der Waals surface area contributed by atoms with Gasteiger partial charge in [-0.05, 0) is 12.1 Å². The summed E-state index contributed by atoms with van der Waals surface area (Å²) < 4.78 is 51.0. The Morgan fingerprint density at radius 1 is 1.41 bits per heavy atom. The summed E-state index contributed by atoms with van der Waals surface area (Å²) in [5.74, 6) is -3.50. The second-order valence-electron chi connectivity index (χ2n) is 3.02. The lowest BCUT2D eigenvalue weighted by molar-refractivity contribution is -0.138. The molecule has 0 atom stereocenters. The first-order chi connectivity index (χ1) is 7.82. The van der Waals surface area contributed by atoms with Crippen LogP contribution in [0.4, 0.5) is 17.6 Å². The van der Waals surface area contributed by atoms with Crippen LogP contribution >= 0.6 is 11.6 Å². The van der Waals surface area contributed by atoms with Gasteiger partial charge in [-0.2, -0.15) is 18.4 Å². The third-order valence-corrected chi connectivity index (χ3v) is 2.21. The summed E-state index contributed by atoms with van der Waals surface area (Å²) in [5.41, 5.74) is -3.25. The molecule has 90 valence electrons. The van der Waals surface area contributed by atoms with E-state index in [1.807, 2.05) is 0 Å². The summed E-state index contributed by atoms with van der Waals surface area (Å²) in [7, 11) is 0. The van der Waals surface area contributed by atoms with Crippen LogP contribution in [-0.2, 0) is 6.18 Å². The number of Topliss-reactive ketones (excluding diaryl/α,β-unsaturated/α-hetero) is 1. The van der Waals surface area contributed by atoms with Gasteiger partial charge >= 0.3 is 6.18 Å². The van der Waals surface area contributed by atoms with Gasteiger partial charge in [0.1, 0.15) is 6.07 Å². The summed E-state index contributed by atoms with van der Waals surface area (Å²) >= 11 is 5.11. The van der Waals surface area contributed by atoms with Crippen molar-refractivity contribution in [1.29, 1.82) is 5.26 Å². The molecule has 0 heterocycles. The minimum atomic E-state index is -4.88. The highest BCUT2D eigenvalue weighted by Gasteiger charge is 2.37. The van der Waals surface area contributed by atoms with Gasteiger partial charge < -0.3 is 0 Å². The Hall–Kier alpha value is -1.61. The van der Waals surface area contributed by atoms with Crippen LogP contribution in [-0.4, -0.2) is 11.7 Å². The third-order valence-electron chi connectivity index (χ3n) is 1.97. The molecule has 1 aromatic carbocycles. The number of rotatable bonds is 2. The van der Waals surface area contributed by atoms with Crippen molar-refractivity contribution < 1.29 is 22.4 Å². The SMILES string of the molecule is N#Cc1ccc(C(F)(F)F)c(C(=O)CCl)c1F. The van der Waals surface area contributed by atoms with Crippen molar-refractivity contribution in [3.05, 3.63) is 34.6 Å². The highest BCUT2D eigenvalue weighted by atomic mass is 35.5. The maximum atomic E-state index is 13.5. The van der Waals surface area contributed by atoms with Crippen LogP contribution in [0.15, 0.2) is 12.1 Å². The van der Waals surface area contributed by atoms with Crippen LogP contribution in [0.5, 0.6) is 0 Å². The van der Waals surface area contributed by atoms with E-state index in [9.17, 15) is 22.4 Å². The average Bonchev–Trinajstić information content (AvgIpc) is 2.26. The van der Waals surface area contributed by atoms with E-state index >= 15 is 0 Å². The van der Waals surface area contributed by atoms with Gasteiger partial charge in [-0.25, -0.2) is 4.39 Å². The Balaban J connectivity index is 3.60. The van der Waals surface area contributed by atoms with Gasteiger partial charge in [0.25, 0.3) is 0 Å². The minimum absolute atomic E-state index is 0.488. The molecule has 0 amide bonds. The second kappa shape index (κ2) is 4.72. The van der Waals surface area contributed by atoms with Crippen molar-refractivity contribution in [2.24, 2.45) is 0 Å². The van der Waals surface area contributed by atoms with E-state index in [1.54, 1.807) is 0 Å². The minimum Gasteiger partial charge on any atom is -0.293 e. The first-order valence-corrected chi connectivity index (χ1v) is 4.75. The number of nitrogens with zero attached hydrogens (tertiary/aromatic N) is 1. The topological polar surface area (TPSA) is 40.9 Å². The highest BCUT2D eigenvalue weighted by molar-refractivity contribution is 6.30. The molecule has 0 aliphatic carbocycles. The Kier molecular flexibility index (Phi) is 3.73. The second-order valence-corrected chi connectivity index (χ2v) is 3.28. The quantitative estimate of drug-likeness (QED) is 0.468. The van der Waals surface area contributed by atoms with Crippen molar-refractivity contribution in [2.75, 3.05) is 5.88 Å². The molecular formula is C10H4ClF4NO. The standard InChI is InChI=1S/C10H4ClF4NO/c11-3-7(17)8-6(10(13,14)15)2-1-5(4-16)9(8)12/h1-2H,3H2. The zero-order valence-corrected chi connectivity index (χ0v) is 8.86. The maximum absolute atomic E-state index is 13.5. The van der Waals surface area contributed by atoms with E-state index in [4.69, 9.17) is 16.9 Å². The van der Waals surface area contributed by atoms with Crippen LogP contribution in [0.25, 0.3) is 0 Å². The fourth-order valence-electron chi connectivity index (χ4n) is 1.24. The number of alkyl halides is 4. The number of carbonyl (C=O) groups is 1. The van der Waals surface area contributed by atoms with Crippen LogP contribution in [0.3, 0.4) is 0 Å². The molecule has 0 aromatic heterocycles. The molecule has 17 heavy (non-hydrogen) atoms. The van der Waals surface area contributed by atoms with E-state index in [1.165, 1.54) is 6.07 Å². The molecule has 0 spiro atoms. The van der Waals surface area contributed by atoms with E-state index < -0.39 is 40.3 Å². The number of hydrogen-bond donors (Lipinski definition) is 0. The molecule has 0 N–H and O–H groups in total. The zero-order chi connectivity index (χ0) is 13.2. The summed E-state index contributed by atoms with van der Waals surface area (Å²) in [6.45, 7) is 0. The van der Waals surface area contributed by atoms with Crippen molar-refractivity contribution in [3.8, 4) is 6.07 Å². The zero-order valence-electron chi connectivity index (χ0n) is 8.11. The molecule has 0 bridgehead atoms. The Bertz CT molecular complexity index is 504. The molecule has 2 nitrogen and oxygen atoms in total. The Morgan fingerprint density at radius 3 is 2.41 bits per heavy atom. The molecule has 0 aliphatic heterocycles. The number of benzene rings is 1. The van der Waals surface area contributed by atoms with E-state index in [0.717, 1.165) is 0 Å². The molecule has 0 unspecified atom stereocenters. The van der Waals surface area contributed by atoms with Gasteiger partial charge in [0.15, 0.2) is 11.6 Å². The molecule has 0 fully saturated rings. The van der Waals surface area contributed by atoms with Gasteiger partial charge in [0.2, 0.25) is 0 Å². The number of carbonyl (C=O) groups excluding carboxylic acids is 1. The summed E-state index contributed by atoms with van der Waals surface area (Å²) in [6.07, 6.45) is -4.88. The van der Waals surface area contributed by atoms with Crippen molar-refractivity contribution in [1.82, 2.24) is 0 Å². The molecule has 0 saturated heterocycles. The summed E-state index contributed by atoms with van der Waals surface area (Å²) in [6, 6.07) is 2.51. The summed E-state index contributed by atoms with van der Waals surface area (Å²) in [4.78, 5) is 11.2. The lowest BCUT2D eigenvalue weighted by Gasteiger charge is -2.12. The molecule has 7 heteroatoms. The fourth-order valence-corrected chi connectivity index (χ4v) is 1.37. The maximum Gasteiger partial charge on any atom is 0.417 e. The van der Waals surface area contributed by atoms with Gasteiger partial charge in [0, 0.05) is 0 Å². The van der Waals surface area contributed by atoms with Crippen molar-refractivity contribution >= 4 is 17.4 Å². The molecule has 1 aromatic rings. The number of hydrogen-bond acceptors (Lipinski definition) is 2. The smallest absolute Gasteiger partial charge is 0.293 e. The predicted octanol–water partition coefficient (Wildman–Crippen LogP) is 3.14. The van der Waals surface area contributed by atoms with Crippen LogP contribution in [0, 0.1) is 17.1 Å². The molecule has 0 radical (unpaired) electrons. The molecule has 0 aliphatic rings. The predicted molar refractivity (Wildman–Crippen MR) is 51.2 cm³/mol. The lowest BCUT2D eigenvalue weighted by Crippen LogP contribution is -2.16. The fraction of sp³-hybridized carbons (Fsp3) is 0.200. The number of ketones is 1. The normalized spacial score (nSPS) is 11.1. The molecule has 1 rings (SSSR count). The number of nitriles is 1. The van der Waals surface area contributed by atoms with E-state index in [-0.39, 0.29) is 0 Å². The van der Waals surface area contributed by atoms with E-state index in [0.29, 0.717) is 12.1 Å². The van der Waals surface area contributed by atoms with E-state index in [2.05, 4.69) is 0 Å². The largest absolute Gasteiger partial charge is 0.417 e. The Morgan fingerprint density at radius 2 is 2.00 bits per heavy atom. The van der Waals surface area contributed by atoms with Gasteiger partial charge in [0.05, 0.1) is 22.6 Å².